The molecule has 0 aliphatic carbocycles. The zero-order valence-corrected chi connectivity index (χ0v) is 13.3. The maximum atomic E-state index is 13.1. The lowest BCUT2D eigenvalue weighted by Gasteiger charge is -2.18. The second kappa shape index (κ2) is 6.37. The zero-order chi connectivity index (χ0) is 14.7. The van der Waals surface area contributed by atoms with Gasteiger partial charge in [-0.05, 0) is 45.8 Å². The summed E-state index contributed by atoms with van der Waals surface area (Å²) in [7, 11) is 0. The van der Waals surface area contributed by atoms with Crippen LogP contribution in [0.5, 0.6) is 0 Å². The number of hydrogen-bond acceptors (Lipinski definition) is 2. The fourth-order valence-corrected chi connectivity index (χ4v) is 2.72. The molecule has 2 rings (SSSR count). The molecule has 3 nitrogen and oxygen atoms in total. The van der Waals surface area contributed by atoms with Gasteiger partial charge in [-0.2, -0.15) is 0 Å². The minimum Gasteiger partial charge on any atom is -0.479 e. The van der Waals surface area contributed by atoms with Crippen LogP contribution in [-0.4, -0.2) is 11.1 Å². The molecule has 20 heavy (non-hydrogen) atoms. The van der Waals surface area contributed by atoms with E-state index in [0.29, 0.717) is 15.7 Å². The molecule has 0 bridgehead atoms. The molecule has 0 aliphatic rings. The van der Waals surface area contributed by atoms with Gasteiger partial charge in [-0.25, -0.2) is 9.18 Å². The first-order valence-electron chi connectivity index (χ1n) is 5.68. The first-order chi connectivity index (χ1) is 9.49. The lowest BCUT2D eigenvalue weighted by molar-refractivity contribution is -0.138. The van der Waals surface area contributed by atoms with Crippen molar-refractivity contribution in [2.24, 2.45) is 0 Å². The van der Waals surface area contributed by atoms with Gasteiger partial charge in [0.2, 0.25) is 0 Å². The standard InChI is InChI=1S/C14H10Br2FNO2/c15-10-3-1-2-4-12(10)18-13(14(19)20)9-6-5-8(17)7-11(9)16/h1-7,13,18H,(H,19,20). The summed E-state index contributed by atoms with van der Waals surface area (Å²) in [6.07, 6.45) is 0. The number of benzene rings is 2. The van der Waals surface area contributed by atoms with Crippen molar-refractivity contribution < 1.29 is 14.3 Å². The molecule has 104 valence electrons. The topological polar surface area (TPSA) is 49.3 Å². The summed E-state index contributed by atoms with van der Waals surface area (Å²) in [6, 6.07) is 10.1. The number of carbonyl (C=O) groups is 1. The van der Waals surface area contributed by atoms with Crippen LogP contribution < -0.4 is 5.32 Å². The SMILES string of the molecule is O=C(O)C(Nc1ccccc1Br)c1ccc(F)cc1Br. The van der Waals surface area contributed by atoms with Gasteiger partial charge in [0.1, 0.15) is 5.82 Å². The van der Waals surface area contributed by atoms with E-state index in [-0.39, 0.29) is 0 Å². The highest BCUT2D eigenvalue weighted by Crippen LogP contribution is 2.30. The molecule has 2 N–H and O–H groups in total. The molecule has 6 heteroatoms. The van der Waals surface area contributed by atoms with Gasteiger partial charge in [-0.1, -0.05) is 34.1 Å². The lowest BCUT2D eigenvalue weighted by atomic mass is 10.1. The molecule has 0 aromatic heterocycles. The first-order valence-corrected chi connectivity index (χ1v) is 7.26. The first kappa shape index (κ1) is 15.0. The van der Waals surface area contributed by atoms with Crippen molar-refractivity contribution in [3.8, 4) is 0 Å². The quantitative estimate of drug-likeness (QED) is 0.786. The Kier molecular flexibility index (Phi) is 4.77. The number of aliphatic carboxylic acids is 1. The number of carboxylic acids is 1. The summed E-state index contributed by atoms with van der Waals surface area (Å²) in [4.78, 5) is 11.5. The highest BCUT2D eigenvalue weighted by Gasteiger charge is 2.23. The summed E-state index contributed by atoms with van der Waals surface area (Å²) < 4.78 is 14.3. The average Bonchev–Trinajstić information content (AvgIpc) is 2.38. The van der Waals surface area contributed by atoms with Crippen LogP contribution in [0.3, 0.4) is 0 Å². The van der Waals surface area contributed by atoms with Crippen LogP contribution in [0.2, 0.25) is 0 Å². The second-order valence-corrected chi connectivity index (χ2v) is 5.77. The Bertz CT molecular complexity index is 649. The lowest BCUT2D eigenvalue weighted by Crippen LogP contribution is -2.21. The maximum absolute atomic E-state index is 13.1. The minimum absolute atomic E-state index is 0.407. The van der Waals surface area contributed by atoms with Crippen LogP contribution in [0.25, 0.3) is 0 Å². The van der Waals surface area contributed by atoms with Gasteiger partial charge in [0.05, 0.1) is 0 Å². The highest BCUT2D eigenvalue weighted by molar-refractivity contribution is 9.11. The van der Waals surface area contributed by atoms with Gasteiger partial charge in [0.15, 0.2) is 6.04 Å². The number of halogens is 3. The maximum Gasteiger partial charge on any atom is 0.330 e. The Balaban J connectivity index is 2.37. The number of nitrogens with one attached hydrogen (secondary N) is 1. The predicted octanol–water partition coefficient (Wildman–Crippen LogP) is 4.59. The van der Waals surface area contributed by atoms with Gasteiger partial charge in [-0.15, -0.1) is 0 Å². The summed E-state index contributed by atoms with van der Waals surface area (Å²) >= 11 is 6.54. The van der Waals surface area contributed by atoms with E-state index >= 15 is 0 Å². The Morgan fingerprint density at radius 3 is 2.45 bits per heavy atom. The summed E-state index contributed by atoms with van der Waals surface area (Å²) in [5.41, 5.74) is 1.10. The fourth-order valence-electron chi connectivity index (χ4n) is 1.74. The van der Waals surface area contributed by atoms with E-state index in [1.165, 1.54) is 18.2 Å². The van der Waals surface area contributed by atoms with Gasteiger partial charge >= 0.3 is 5.97 Å². The van der Waals surface area contributed by atoms with Crippen LogP contribution in [-0.2, 0) is 4.79 Å². The second-order valence-electron chi connectivity index (χ2n) is 4.06. The van der Waals surface area contributed by atoms with E-state index < -0.39 is 17.8 Å². The number of rotatable bonds is 4. The third-order valence-corrected chi connectivity index (χ3v) is 4.07. The molecule has 0 aliphatic heterocycles. The molecule has 0 saturated heterocycles. The molecule has 0 amide bonds. The third-order valence-electron chi connectivity index (χ3n) is 2.69. The van der Waals surface area contributed by atoms with E-state index in [0.717, 1.165) is 4.47 Å². The predicted molar refractivity (Wildman–Crippen MR) is 82.2 cm³/mol. The number of para-hydroxylation sites is 1. The van der Waals surface area contributed by atoms with Gasteiger partial charge in [0.25, 0.3) is 0 Å². The third kappa shape index (κ3) is 3.37. The largest absolute Gasteiger partial charge is 0.479 e. The number of carboxylic acid groups (broad SMARTS) is 1. The van der Waals surface area contributed by atoms with Gasteiger partial charge in [0, 0.05) is 14.6 Å². The van der Waals surface area contributed by atoms with Crippen molar-refractivity contribution in [1.29, 1.82) is 0 Å². The molecule has 0 spiro atoms. The van der Waals surface area contributed by atoms with Crippen LogP contribution in [0.4, 0.5) is 10.1 Å². The van der Waals surface area contributed by atoms with Crippen LogP contribution >= 0.6 is 31.9 Å². The van der Waals surface area contributed by atoms with Crippen LogP contribution in [0, 0.1) is 5.82 Å². The molecule has 0 saturated carbocycles. The van der Waals surface area contributed by atoms with Crippen molar-refractivity contribution in [2.45, 2.75) is 6.04 Å². The Morgan fingerprint density at radius 1 is 1.15 bits per heavy atom. The Labute approximate surface area is 132 Å². The molecule has 0 fully saturated rings. The monoisotopic (exact) mass is 401 g/mol. The number of hydrogen-bond donors (Lipinski definition) is 2. The van der Waals surface area contributed by atoms with Gasteiger partial charge < -0.3 is 10.4 Å². The van der Waals surface area contributed by atoms with Gasteiger partial charge in [-0.3, -0.25) is 0 Å². The van der Waals surface area contributed by atoms with Crippen LogP contribution in [0.15, 0.2) is 51.4 Å². The highest BCUT2D eigenvalue weighted by atomic mass is 79.9. The van der Waals surface area contributed by atoms with E-state index in [2.05, 4.69) is 37.2 Å². The van der Waals surface area contributed by atoms with Crippen molar-refractivity contribution in [1.82, 2.24) is 0 Å². The molecule has 1 unspecified atom stereocenters. The Hall–Kier alpha value is -1.40. The average molecular weight is 403 g/mol. The summed E-state index contributed by atoms with van der Waals surface area (Å²) in [5.74, 6) is -1.47. The van der Waals surface area contributed by atoms with E-state index in [4.69, 9.17) is 0 Å². The van der Waals surface area contributed by atoms with Crippen molar-refractivity contribution in [2.75, 3.05) is 5.32 Å². The molecule has 1 atom stereocenters. The van der Waals surface area contributed by atoms with E-state index in [1.54, 1.807) is 18.2 Å². The minimum atomic E-state index is -1.05. The van der Waals surface area contributed by atoms with E-state index in [1.807, 2.05) is 6.07 Å². The van der Waals surface area contributed by atoms with Crippen molar-refractivity contribution in [3.63, 3.8) is 0 Å². The zero-order valence-electron chi connectivity index (χ0n) is 10.1. The smallest absolute Gasteiger partial charge is 0.330 e. The van der Waals surface area contributed by atoms with Crippen molar-refractivity contribution >= 4 is 43.5 Å². The molecule has 0 heterocycles. The Morgan fingerprint density at radius 2 is 1.85 bits per heavy atom. The van der Waals surface area contributed by atoms with E-state index in [9.17, 15) is 14.3 Å². The fraction of sp³-hybridized carbons (Fsp3) is 0.0714. The summed E-state index contributed by atoms with van der Waals surface area (Å²) in [5, 5.41) is 12.3. The number of anilines is 1. The molecule has 2 aromatic carbocycles. The molecule has 2 aromatic rings. The molecular weight excluding hydrogens is 393 g/mol. The van der Waals surface area contributed by atoms with Crippen LogP contribution in [0.1, 0.15) is 11.6 Å². The van der Waals surface area contributed by atoms with Crippen molar-refractivity contribution in [3.05, 3.63) is 62.8 Å². The summed E-state index contributed by atoms with van der Waals surface area (Å²) in [6.45, 7) is 0. The normalized spacial score (nSPS) is 11.9. The molecular formula is C14H10Br2FNO2. The molecule has 0 radical (unpaired) electrons.